The van der Waals surface area contributed by atoms with E-state index in [0.717, 1.165) is 17.6 Å². The molecule has 0 saturated carbocycles. The Labute approximate surface area is 83.2 Å². The van der Waals surface area contributed by atoms with E-state index in [1.807, 2.05) is 37.3 Å². The summed E-state index contributed by atoms with van der Waals surface area (Å²) in [6, 6.07) is 9.83. The van der Waals surface area contributed by atoms with Gasteiger partial charge in [0, 0.05) is 12.5 Å². The molecule has 0 amide bonds. The number of hydrogen-bond acceptors (Lipinski definition) is 2. The monoisotopic (exact) mass is 188 g/mol. The fourth-order valence-electron chi connectivity index (χ4n) is 1.62. The zero-order valence-corrected chi connectivity index (χ0v) is 8.07. The summed E-state index contributed by atoms with van der Waals surface area (Å²) >= 11 is 0. The van der Waals surface area contributed by atoms with Crippen molar-refractivity contribution in [2.24, 2.45) is 0 Å². The zero-order valence-electron chi connectivity index (χ0n) is 8.07. The van der Waals surface area contributed by atoms with E-state index in [1.54, 1.807) is 6.08 Å². The summed E-state index contributed by atoms with van der Waals surface area (Å²) in [6.45, 7) is 1.95. The summed E-state index contributed by atoms with van der Waals surface area (Å²) in [5.41, 5.74) is 2.14. The molecule has 0 N–H and O–H groups in total. The fourth-order valence-corrected chi connectivity index (χ4v) is 1.62. The molecule has 1 aliphatic heterocycles. The van der Waals surface area contributed by atoms with Gasteiger partial charge < -0.3 is 4.74 Å². The van der Waals surface area contributed by atoms with Gasteiger partial charge in [0.25, 0.3) is 0 Å². The summed E-state index contributed by atoms with van der Waals surface area (Å²) in [5.74, 6) is -0.234. The van der Waals surface area contributed by atoms with Gasteiger partial charge in [0.1, 0.15) is 6.10 Å². The molecule has 2 rings (SSSR count). The maximum atomic E-state index is 11.2. The smallest absolute Gasteiger partial charge is 0.331 e. The van der Waals surface area contributed by atoms with E-state index in [2.05, 4.69) is 0 Å². The molecule has 0 spiro atoms. The molecule has 1 heterocycles. The number of benzene rings is 1. The van der Waals surface area contributed by atoms with Crippen LogP contribution in [0.25, 0.3) is 0 Å². The summed E-state index contributed by atoms with van der Waals surface area (Å²) in [6.07, 6.45) is 2.25. The van der Waals surface area contributed by atoms with Crippen LogP contribution in [-0.2, 0) is 9.53 Å². The van der Waals surface area contributed by atoms with E-state index in [4.69, 9.17) is 4.74 Å². The maximum absolute atomic E-state index is 11.2. The van der Waals surface area contributed by atoms with E-state index in [9.17, 15) is 4.79 Å². The van der Waals surface area contributed by atoms with Crippen LogP contribution < -0.4 is 0 Å². The average Bonchev–Trinajstić information content (AvgIpc) is 2.18. The van der Waals surface area contributed by atoms with Crippen LogP contribution in [0.5, 0.6) is 0 Å². The summed E-state index contributed by atoms with van der Waals surface area (Å²) in [7, 11) is 0. The van der Waals surface area contributed by atoms with Gasteiger partial charge in [-0.1, -0.05) is 35.9 Å². The molecular weight excluding hydrogens is 176 g/mol. The van der Waals surface area contributed by atoms with Gasteiger partial charge in [-0.2, -0.15) is 0 Å². The van der Waals surface area contributed by atoms with Crippen LogP contribution in [0.1, 0.15) is 25.0 Å². The summed E-state index contributed by atoms with van der Waals surface area (Å²) in [4.78, 5) is 11.2. The van der Waals surface area contributed by atoms with Gasteiger partial charge in [0.2, 0.25) is 0 Å². The molecule has 0 aliphatic carbocycles. The molecule has 1 atom stereocenters. The minimum Gasteiger partial charge on any atom is -0.454 e. The Morgan fingerprint density at radius 1 is 1.29 bits per heavy atom. The van der Waals surface area contributed by atoms with Crippen molar-refractivity contribution < 1.29 is 9.53 Å². The van der Waals surface area contributed by atoms with Crippen LogP contribution in [0.3, 0.4) is 0 Å². The molecule has 0 saturated heterocycles. The molecule has 0 fully saturated rings. The number of carbonyl (C=O) groups excluding carboxylic acids is 1. The number of carbonyl (C=O) groups is 1. The highest BCUT2D eigenvalue weighted by molar-refractivity contribution is 5.83. The van der Waals surface area contributed by atoms with Crippen LogP contribution in [0.2, 0.25) is 0 Å². The van der Waals surface area contributed by atoms with Crippen LogP contribution in [-0.4, -0.2) is 5.97 Å². The molecule has 14 heavy (non-hydrogen) atoms. The van der Waals surface area contributed by atoms with Crippen molar-refractivity contribution in [1.82, 2.24) is 0 Å². The molecule has 1 aromatic carbocycles. The van der Waals surface area contributed by atoms with Crippen LogP contribution in [0.15, 0.2) is 42.0 Å². The average molecular weight is 188 g/mol. The van der Waals surface area contributed by atoms with Gasteiger partial charge in [-0.25, -0.2) is 4.79 Å². The second-order valence-electron chi connectivity index (χ2n) is 3.53. The Morgan fingerprint density at radius 3 is 2.64 bits per heavy atom. The van der Waals surface area contributed by atoms with E-state index in [0.29, 0.717) is 0 Å². The third kappa shape index (κ3) is 1.84. The lowest BCUT2D eigenvalue weighted by Gasteiger charge is -2.21. The van der Waals surface area contributed by atoms with Crippen molar-refractivity contribution in [3.05, 3.63) is 47.5 Å². The Hall–Kier alpha value is -1.57. The van der Waals surface area contributed by atoms with Crippen molar-refractivity contribution in [1.29, 1.82) is 0 Å². The predicted molar refractivity (Wildman–Crippen MR) is 53.6 cm³/mol. The fraction of sp³-hybridized carbons (Fsp3) is 0.250. The van der Waals surface area contributed by atoms with E-state index in [1.165, 1.54) is 0 Å². The standard InChI is InChI=1S/C12H12O2/c1-9-7-11(14-12(13)8-9)10-5-3-2-4-6-10/h2-6,8,11H,7H2,1H3/t11-/m1/s1. The third-order valence-electron chi connectivity index (χ3n) is 2.30. The number of rotatable bonds is 1. The van der Waals surface area contributed by atoms with Crippen molar-refractivity contribution in [2.75, 3.05) is 0 Å². The lowest BCUT2D eigenvalue weighted by Crippen LogP contribution is -2.15. The summed E-state index contributed by atoms with van der Waals surface area (Å²) in [5, 5.41) is 0. The van der Waals surface area contributed by atoms with Crippen molar-refractivity contribution in [3.8, 4) is 0 Å². The lowest BCUT2D eigenvalue weighted by molar-refractivity contribution is -0.144. The van der Waals surface area contributed by atoms with E-state index >= 15 is 0 Å². The molecule has 2 heteroatoms. The second kappa shape index (κ2) is 3.66. The highest BCUT2D eigenvalue weighted by Gasteiger charge is 2.20. The largest absolute Gasteiger partial charge is 0.454 e. The van der Waals surface area contributed by atoms with Gasteiger partial charge in [-0.3, -0.25) is 0 Å². The Kier molecular flexibility index (Phi) is 2.35. The molecule has 0 bridgehead atoms. The number of esters is 1. The van der Waals surface area contributed by atoms with Crippen molar-refractivity contribution >= 4 is 5.97 Å². The number of hydrogen-bond donors (Lipinski definition) is 0. The van der Waals surface area contributed by atoms with E-state index < -0.39 is 0 Å². The molecule has 0 radical (unpaired) electrons. The molecule has 1 aliphatic rings. The normalized spacial score (nSPS) is 21.4. The van der Waals surface area contributed by atoms with Crippen molar-refractivity contribution in [2.45, 2.75) is 19.4 Å². The highest BCUT2D eigenvalue weighted by atomic mass is 16.5. The van der Waals surface area contributed by atoms with Gasteiger partial charge in [-0.15, -0.1) is 0 Å². The van der Waals surface area contributed by atoms with E-state index in [-0.39, 0.29) is 12.1 Å². The van der Waals surface area contributed by atoms with Crippen molar-refractivity contribution in [3.63, 3.8) is 0 Å². The van der Waals surface area contributed by atoms with Crippen LogP contribution in [0, 0.1) is 0 Å². The first-order chi connectivity index (χ1) is 6.75. The minimum atomic E-state index is -0.234. The Bertz CT molecular complexity index is 365. The van der Waals surface area contributed by atoms with Gasteiger partial charge >= 0.3 is 5.97 Å². The van der Waals surface area contributed by atoms with Gasteiger partial charge in [-0.05, 0) is 12.5 Å². The van der Waals surface area contributed by atoms with Crippen LogP contribution >= 0.6 is 0 Å². The number of ether oxygens (including phenoxy) is 1. The number of cyclic esters (lactones) is 1. The predicted octanol–water partition coefficient (Wildman–Crippen LogP) is 2.62. The first kappa shape index (κ1) is 9.00. The van der Waals surface area contributed by atoms with Gasteiger partial charge in [0.05, 0.1) is 0 Å². The van der Waals surface area contributed by atoms with Crippen LogP contribution in [0.4, 0.5) is 0 Å². The molecule has 2 nitrogen and oxygen atoms in total. The first-order valence-electron chi connectivity index (χ1n) is 4.68. The minimum absolute atomic E-state index is 0.103. The SMILES string of the molecule is CC1=CC(=O)O[C@@H](c2ccccc2)C1. The third-order valence-corrected chi connectivity index (χ3v) is 2.30. The molecular formula is C12H12O2. The maximum Gasteiger partial charge on any atom is 0.331 e. The zero-order chi connectivity index (χ0) is 9.97. The second-order valence-corrected chi connectivity index (χ2v) is 3.53. The Morgan fingerprint density at radius 2 is 2.00 bits per heavy atom. The molecule has 0 aromatic heterocycles. The Balaban J connectivity index is 2.22. The van der Waals surface area contributed by atoms with Gasteiger partial charge in [0.15, 0.2) is 0 Å². The molecule has 1 aromatic rings. The highest BCUT2D eigenvalue weighted by Crippen LogP contribution is 2.28. The summed E-state index contributed by atoms with van der Waals surface area (Å²) < 4.78 is 5.23. The first-order valence-corrected chi connectivity index (χ1v) is 4.68. The molecule has 72 valence electrons. The topological polar surface area (TPSA) is 26.3 Å². The molecule has 0 unspecified atom stereocenters. The lowest BCUT2D eigenvalue weighted by atomic mass is 10.0. The quantitative estimate of drug-likeness (QED) is 0.633.